The highest BCUT2D eigenvalue weighted by atomic mass is 14.0. The van der Waals surface area contributed by atoms with Crippen molar-refractivity contribution in [2.45, 2.75) is 34.1 Å². The van der Waals surface area contributed by atoms with E-state index < -0.39 is 0 Å². The predicted octanol–water partition coefficient (Wildman–Crippen LogP) is 5.22. The molecule has 0 nitrogen and oxygen atoms in total. The second-order valence-electron chi connectivity index (χ2n) is 2.36. The summed E-state index contributed by atoms with van der Waals surface area (Å²) < 4.78 is 0. The quantitative estimate of drug-likeness (QED) is 0.578. The Labute approximate surface area is 95.4 Å². The lowest BCUT2D eigenvalue weighted by molar-refractivity contribution is 1.40. The highest BCUT2D eigenvalue weighted by Crippen LogP contribution is 2.14. The summed E-state index contributed by atoms with van der Waals surface area (Å²) in [5, 5.41) is 0. The SMILES string of the molecule is C=CC1=C(C=C)C=CCC=C1.CC.CC. The van der Waals surface area contributed by atoms with Crippen molar-refractivity contribution in [1.29, 1.82) is 0 Å². The molecular weight excluding hydrogens is 180 g/mol. The summed E-state index contributed by atoms with van der Waals surface area (Å²) >= 11 is 0. The molecule has 0 heteroatoms. The summed E-state index contributed by atoms with van der Waals surface area (Å²) in [6.07, 6.45) is 13.1. The van der Waals surface area contributed by atoms with Crippen molar-refractivity contribution in [1.82, 2.24) is 0 Å². The largest absolute Gasteiger partial charge is 0.0984 e. The lowest BCUT2D eigenvalue weighted by Crippen LogP contribution is -1.76. The molecule has 0 radical (unpaired) electrons. The smallest absolute Gasteiger partial charge is 0.0162 e. The van der Waals surface area contributed by atoms with Gasteiger partial charge in [-0.3, -0.25) is 0 Å². The van der Waals surface area contributed by atoms with Gasteiger partial charge in [-0.15, -0.1) is 0 Å². The molecule has 0 atom stereocenters. The van der Waals surface area contributed by atoms with E-state index in [1.165, 1.54) is 0 Å². The Morgan fingerprint density at radius 3 is 1.47 bits per heavy atom. The Morgan fingerprint density at radius 1 is 0.867 bits per heavy atom. The molecule has 0 heterocycles. The van der Waals surface area contributed by atoms with E-state index >= 15 is 0 Å². The molecule has 1 rings (SSSR count). The van der Waals surface area contributed by atoms with Crippen LogP contribution in [0, 0.1) is 0 Å². The molecule has 1 aliphatic rings. The Morgan fingerprint density at radius 2 is 1.20 bits per heavy atom. The zero-order valence-electron chi connectivity index (χ0n) is 10.6. The fourth-order valence-electron chi connectivity index (χ4n) is 1.03. The molecule has 0 fully saturated rings. The highest BCUT2D eigenvalue weighted by Gasteiger charge is 1.94. The highest BCUT2D eigenvalue weighted by molar-refractivity contribution is 5.46. The molecule has 0 aliphatic heterocycles. The van der Waals surface area contributed by atoms with E-state index in [9.17, 15) is 0 Å². The molecule has 0 spiro atoms. The molecule has 1 aliphatic carbocycles. The van der Waals surface area contributed by atoms with E-state index in [1.54, 1.807) is 0 Å². The van der Waals surface area contributed by atoms with Crippen molar-refractivity contribution in [3.8, 4) is 0 Å². The zero-order chi connectivity index (χ0) is 12.1. The van der Waals surface area contributed by atoms with Crippen LogP contribution in [0.15, 0.2) is 60.8 Å². The van der Waals surface area contributed by atoms with Gasteiger partial charge in [0.1, 0.15) is 0 Å². The summed E-state index contributed by atoms with van der Waals surface area (Å²) in [5.74, 6) is 0. The monoisotopic (exact) mass is 204 g/mol. The van der Waals surface area contributed by atoms with Gasteiger partial charge in [-0.1, -0.05) is 77.3 Å². The van der Waals surface area contributed by atoms with Gasteiger partial charge in [0.2, 0.25) is 0 Å². The van der Waals surface area contributed by atoms with E-state index in [-0.39, 0.29) is 0 Å². The van der Waals surface area contributed by atoms with Crippen molar-refractivity contribution in [3.63, 3.8) is 0 Å². The second-order valence-corrected chi connectivity index (χ2v) is 2.36. The minimum absolute atomic E-state index is 0.995. The van der Waals surface area contributed by atoms with E-state index in [0.29, 0.717) is 0 Å². The number of hydrogen-bond acceptors (Lipinski definition) is 0. The van der Waals surface area contributed by atoms with Gasteiger partial charge < -0.3 is 0 Å². The Kier molecular flexibility index (Phi) is 13.7. The van der Waals surface area contributed by atoms with Gasteiger partial charge in [-0.2, -0.15) is 0 Å². The van der Waals surface area contributed by atoms with E-state index in [2.05, 4.69) is 37.5 Å². The maximum atomic E-state index is 3.73. The average molecular weight is 204 g/mol. The summed E-state index contributed by atoms with van der Waals surface area (Å²) in [6, 6.07) is 0. The molecule has 0 unspecified atom stereocenters. The normalized spacial score (nSPS) is 12.8. The van der Waals surface area contributed by atoms with Crippen molar-refractivity contribution < 1.29 is 0 Å². The molecule has 0 amide bonds. The minimum Gasteiger partial charge on any atom is -0.0984 e. The zero-order valence-corrected chi connectivity index (χ0v) is 10.6. The van der Waals surface area contributed by atoms with Gasteiger partial charge >= 0.3 is 0 Å². The first-order chi connectivity index (χ1) is 7.38. The topological polar surface area (TPSA) is 0 Å². The molecule has 84 valence electrons. The van der Waals surface area contributed by atoms with Crippen molar-refractivity contribution >= 4 is 0 Å². The molecule has 0 saturated heterocycles. The average Bonchev–Trinajstić information content (AvgIpc) is 2.58. The molecule has 0 saturated carbocycles. The van der Waals surface area contributed by atoms with Crippen LogP contribution in [0.3, 0.4) is 0 Å². The maximum absolute atomic E-state index is 3.73. The summed E-state index contributed by atoms with van der Waals surface area (Å²) in [7, 11) is 0. The number of hydrogen-bond donors (Lipinski definition) is 0. The first kappa shape index (κ1) is 16.1. The van der Waals surface area contributed by atoms with Crippen molar-refractivity contribution in [3.05, 3.63) is 60.8 Å². The Balaban J connectivity index is 0. The summed E-state index contributed by atoms with van der Waals surface area (Å²) in [6.45, 7) is 15.5. The van der Waals surface area contributed by atoms with E-state index in [4.69, 9.17) is 0 Å². The van der Waals surface area contributed by atoms with Gasteiger partial charge in [0.25, 0.3) is 0 Å². The van der Waals surface area contributed by atoms with Gasteiger partial charge in [0.15, 0.2) is 0 Å². The van der Waals surface area contributed by atoms with Crippen LogP contribution in [-0.4, -0.2) is 0 Å². The molecule has 0 bridgehead atoms. The van der Waals surface area contributed by atoms with Gasteiger partial charge in [-0.25, -0.2) is 0 Å². The van der Waals surface area contributed by atoms with E-state index in [1.807, 2.05) is 39.8 Å². The van der Waals surface area contributed by atoms with Crippen LogP contribution in [0.2, 0.25) is 0 Å². The van der Waals surface area contributed by atoms with E-state index in [0.717, 1.165) is 17.6 Å². The molecule has 15 heavy (non-hydrogen) atoms. The Hall–Kier alpha value is -1.30. The fourth-order valence-corrected chi connectivity index (χ4v) is 1.03. The van der Waals surface area contributed by atoms with Gasteiger partial charge in [-0.05, 0) is 17.6 Å². The third kappa shape index (κ3) is 6.73. The van der Waals surface area contributed by atoms with Crippen molar-refractivity contribution in [2.75, 3.05) is 0 Å². The van der Waals surface area contributed by atoms with Crippen molar-refractivity contribution in [2.24, 2.45) is 0 Å². The van der Waals surface area contributed by atoms with Gasteiger partial charge in [0, 0.05) is 0 Å². The number of rotatable bonds is 2. The maximum Gasteiger partial charge on any atom is -0.0162 e. The lowest BCUT2D eigenvalue weighted by atomic mass is 10.1. The lowest BCUT2D eigenvalue weighted by Gasteiger charge is -1.95. The standard InChI is InChI=1S/C11H12.2C2H6/c1-3-10-8-6-5-7-9-11(10)4-2;2*1-2/h3-4,6-9H,1-2,5H2;2*1-2H3. The molecule has 0 N–H and O–H groups in total. The third-order valence-corrected chi connectivity index (χ3v) is 1.64. The predicted molar refractivity (Wildman–Crippen MR) is 73.0 cm³/mol. The van der Waals surface area contributed by atoms with Crippen LogP contribution in [0.25, 0.3) is 0 Å². The third-order valence-electron chi connectivity index (χ3n) is 1.64. The van der Waals surface area contributed by atoms with Crippen LogP contribution in [-0.2, 0) is 0 Å². The first-order valence-electron chi connectivity index (χ1n) is 5.70. The molecular formula is C15H24. The fraction of sp³-hybridized carbons (Fsp3) is 0.333. The Bertz CT molecular complexity index is 223. The van der Waals surface area contributed by atoms with Crippen LogP contribution in [0.5, 0.6) is 0 Å². The summed E-state index contributed by atoms with van der Waals surface area (Å²) in [5.41, 5.74) is 2.29. The van der Waals surface area contributed by atoms with Crippen LogP contribution in [0.4, 0.5) is 0 Å². The minimum atomic E-state index is 0.995. The van der Waals surface area contributed by atoms with Gasteiger partial charge in [0.05, 0.1) is 0 Å². The molecule has 0 aromatic carbocycles. The van der Waals surface area contributed by atoms with Crippen LogP contribution in [0.1, 0.15) is 34.1 Å². The van der Waals surface area contributed by atoms with Crippen LogP contribution >= 0.6 is 0 Å². The molecule has 0 aromatic heterocycles. The van der Waals surface area contributed by atoms with Crippen LogP contribution < -0.4 is 0 Å². The summed E-state index contributed by atoms with van der Waals surface area (Å²) in [4.78, 5) is 0. The molecule has 0 aromatic rings. The number of allylic oxidation sites excluding steroid dienone is 8. The first-order valence-corrected chi connectivity index (χ1v) is 5.70. The second kappa shape index (κ2) is 12.7.